The molecular weight excluding hydrogens is 541 g/mol. The molecule has 1 unspecified atom stereocenters. The zero-order valence-corrected chi connectivity index (χ0v) is 24.0. The van der Waals surface area contributed by atoms with Gasteiger partial charge < -0.3 is 10.2 Å². The summed E-state index contributed by atoms with van der Waals surface area (Å²) < 4.78 is 40.3. The van der Waals surface area contributed by atoms with Crippen molar-refractivity contribution >= 4 is 39.1 Å². The predicted molar refractivity (Wildman–Crippen MR) is 152 cm³/mol. The summed E-state index contributed by atoms with van der Waals surface area (Å²) in [6, 6.07) is 20.2. The molecular formula is C29H33ClFN3O4S. The van der Waals surface area contributed by atoms with Gasteiger partial charge in [-0.15, -0.1) is 0 Å². The number of sulfonamides is 1. The normalized spacial score (nSPS) is 12.5. The average molecular weight is 574 g/mol. The van der Waals surface area contributed by atoms with Gasteiger partial charge in [-0.05, 0) is 56.2 Å². The van der Waals surface area contributed by atoms with Gasteiger partial charge in [0, 0.05) is 23.5 Å². The molecule has 0 saturated carbocycles. The van der Waals surface area contributed by atoms with Crippen LogP contribution in [0.1, 0.15) is 31.9 Å². The number of carbonyl (C=O) groups is 2. The Balaban J connectivity index is 2.09. The Labute approximate surface area is 234 Å². The molecule has 10 heteroatoms. The van der Waals surface area contributed by atoms with Crippen molar-refractivity contribution in [3.63, 3.8) is 0 Å². The Bertz CT molecular complexity index is 1410. The molecule has 1 atom stereocenters. The van der Waals surface area contributed by atoms with Crippen LogP contribution in [0.4, 0.5) is 10.1 Å². The number of halogens is 2. The predicted octanol–water partition coefficient (Wildman–Crippen LogP) is 4.80. The fourth-order valence-electron chi connectivity index (χ4n) is 4.06. The van der Waals surface area contributed by atoms with Crippen LogP contribution in [-0.2, 0) is 32.6 Å². The van der Waals surface area contributed by atoms with Crippen LogP contribution in [0.3, 0.4) is 0 Å². The summed E-state index contributed by atoms with van der Waals surface area (Å²) in [6.07, 6.45) is 1.12. The minimum Gasteiger partial charge on any atom is -0.350 e. The second kappa shape index (κ2) is 12.6. The van der Waals surface area contributed by atoms with Crippen molar-refractivity contribution < 1.29 is 22.4 Å². The fourth-order valence-corrected chi connectivity index (χ4v) is 5.10. The summed E-state index contributed by atoms with van der Waals surface area (Å²) in [5, 5.41) is 3.35. The zero-order chi connectivity index (χ0) is 28.8. The minimum atomic E-state index is -3.99. The Morgan fingerprint density at radius 3 is 2.21 bits per heavy atom. The third-order valence-corrected chi connectivity index (χ3v) is 7.35. The van der Waals surface area contributed by atoms with Crippen LogP contribution in [0, 0.1) is 5.82 Å². The molecule has 3 rings (SSSR count). The van der Waals surface area contributed by atoms with Crippen LogP contribution < -0.4 is 9.62 Å². The van der Waals surface area contributed by atoms with Crippen LogP contribution in [-0.4, -0.2) is 49.5 Å². The first-order valence-corrected chi connectivity index (χ1v) is 14.6. The highest BCUT2D eigenvalue weighted by molar-refractivity contribution is 7.92. The summed E-state index contributed by atoms with van der Waals surface area (Å²) in [7, 11) is -3.99. The molecule has 0 fully saturated rings. The molecule has 0 heterocycles. The maximum absolute atomic E-state index is 14.0. The maximum atomic E-state index is 14.0. The van der Waals surface area contributed by atoms with Crippen molar-refractivity contribution in [2.24, 2.45) is 0 Å². The third kappa shape index (κ3) is 8.80. The van der Waals surface area contributed by atoms with Crippen LogP contribution in [0.15, 0.2) is 78.9 Å². The van der Waals surface area contributed by atoms with Crippen molar-refractivity contribution in [3.8, 4) is 0 Å². The highest BCUT2D eigenvalue weighted by atomic mass is 35.5. The first-order chi connectivity index (χ1) is 18.2. The molecule has 0 bridgehead atoms. The molecule has 0 radical (unpaired) electrons. The van der Waals surface area contributed by atoms with Crippen LogP contribution in [0.5, 0.6) is 0 Å². The molecule has 1 N–H and O–H groups in total. The van der Waals surface area contributed by atoms with E-state index in [1.165, 1.54) is 23.1 Å². The molecule has 3 aromatic rings. The summed E-state index contributed by atoms with van der Waals surface area (Å²) in [5.41, 5.74) is 0.813. The van der Waals surface area contributed by atoms with Gasteiger partial charge in [-0.3, -0.25) is 13.9 Å². The molecule has 0 aliphatic heterocycles. The lowest BCUT2D eigenvalue weighted by Crippen LogP contribution is -2.56. The second-order valence-electron chi connectivity index (χ2n) is 10.3. The van der Waals surface area contributed by atoms with E-state index >= 15 is 0 Å². The Morgan fingerprint density at radius 2 is 1.62 bits per heavy atom. The number of nitrogens with zero attached hydrogens (tertiary/aromatic N) is 2. The van der Waals surface area contributed by atoms with E-state index in [0.717, 1.165) is 22.2 Å². The number of hydrogen-bond acceptors (Lipinski definition) is 4. The van der Waals surface area contributed by atoms with E-state index in [1.54, 1.807) is 24.3 Å². The topological polar surface area (TPSA) is 86.8 Å². The Morgan fingerprint density at radius 1 is 0.974 bits per heavy atom. The van der Waals surface area contributed by atoms with E-state index in [4.69, 9.17) is 11.6 Å². The van der Waals surface area contributed by atoms with Crippen molar-refractivity contribution in [3.05, 3.63) is 101 Å². The van der Waals surface area contributed by atoms with Crippen molar-refractivity contribution in [2.45, 2.75) is 45.3 Å². The first kappa shape index (κ1) is 30.1. The minimum absolute atomic E-state index is 0.00213. The molecule has 208 valence electrons. The number of amides is 2. The first-order valence-electron chi connectivity index (χ1n) is 12.4. The molecule has 0 aliphatic rings. The van der Waals surface area contributed by atoms with E-state index in [1.807, 2.05) is 51.1 Å². The number of nitrogens with one attached hydrogen (secondary N) is 1. The lowest BCUT2D eigenvalue weighted by atomic mass is 10.0. The Kier molecular flexibility index (Phi) is 9.74. The van der Waals surface area contributed by atoms with Gasteiger partial charge in [0.25, 0.3) is 0 Å². The third-order valence-electron chi connectivity index (χ3n) is 5.84. The van der Waals surface area contributed by atoms with Crippen molar-refractivity contribution in [1.82, 2.24) is 10.2 Å². The van der Waals surface area contributed by atoms with Crippen molar-refractivity contribution in [2.75, 3.05) is 17.1 Å². The summed E-state index contributed by atoms with van der Waals surface area (Å²) in [6.45, 7) is 4.81. The van der Waals surface area contributed by atoms with E-state index in [2.05, 4.69) is 5.32 Å². The van der Waals surface area contributed by atoms with Crippen LogP contribution in [0.2, 0.25) is 5.02 Å². The van der Waals surface area contributed by atoms with Gasteiger partial charge in [-0.2, -0.15) is 0 Å². The number of anilines is 1. The Hall–Kier alpha value is -3.43. The quantitative estimate of drug-likeness (QED) is 0.377. The molecule has 0 saturated heterocycles. The van der Waals surface area contributed by atoms with Crippen molar-refractivity contribution in [1.29, 1.82) is 0 Å². The van der Waals surface area contributed by atoms with Gasteiger partial charge in [0.1, 0.15) is 18.4 Å². The highest BCUT2D eigenvalue weighted by Gasteiger charge is 2.34. The molecule has 3 aromatic carbocycles. The SMILES string of the molecule is CC(C)(C)NC(=O)C(Cc1ccccc1)N(Cc1ccccc1Cl)C(=O)CN(c1cccc(F)c1)S(C)(=O)=O. The second-order valence-corrected chi connectivity index (χ2v) is 12.6. The van der Waals surface area contributed by atoms with E-state index in [0.29, 0.717) is 10.6 Å². The molecule has 0 spiro atoms. The largest absolute Gasteiger partial charge is 0.350 e. The maximum Gasteiger partial charge on any atom is 0.244 e. The van der Waals surface area contributed by atoms with E-state index in [9.17, 15) is 22.4 Å². The summed E-state index contributed by atoms with van der Waals surface area (Å²) in [5.74, 6) is -1.69. The van der Waals surface area contributed by atoms with Gasteiger partial charge in [0.2, 0.25) is 21.8 Å². The highest BCUT2D eigenvalue weighted by Crippen LogP contribution is 2.23. The number of carbonyl (C=O) groups excluding carboxylic acids is 2. The van der Waals surface area contributed by atoms with Gasteiger partial charge in [0.15, 0.2) is 0 Å². The zero-order valence-electron chi connectivity index (χ0n) is 22.4. The standard InChI is InChI=1S/C29H33ClFN3O4S/c1-29(2,3)32-28(36)26(17-21-11-6-5-7-12-21)33(19-22-13-8-9-16-25(22)30)27(35)20-34(39(4,37)38)24-15-10-14-23(31)18-24/h5-16,18,26H,17,19-20H2,1-4H3,(H,32,36). The van der Waals surface area contributed by atoms with Gasteiger partial charge in [0.05, 0.1) is 11.9 Å². The lowest BCUT2D eigenvalue weighted by molar-refractivity contribution is -0.140. The number of hydrogen-bond donors (Lipinski definition) is 1. The van der Waals surface area contributed by atoms with E-state index < -0.39 is 45.8 Å². The number of benzene rings is 3. The van der Waals surface area contributed by atoms with Gasteiger partial charge >= 0.3 is 0 Å². The lowest BCUT2D eigenvalue weighted by Gasteiger charge is -2.35. The molecule has 2 amide bonds. The fraction of sp³-hybridized carbons (Fsp3) is 0.310. The monoisotopic (exact) mass is 573 g/mol. The van der Waals surface area contributed by atoms with Crippen LogP contribution >= 0.6 is 11.6 Å². The van der Waals surface area contributed by atoms with Gasteiger partial charge in [-0.1, -0.05) is 66.2 Å². The van der Waals surface area contributed by atoms with E-state index in [-0.39, 0.29) is 18.7 Å². The average Bonchev–Trinajstić information content (AvgIpc) is 2.84. The molecule has 0 aliphatic carbocycles. The summed E-state index contributed by atoms with van der Waals surface area (Å²) in [4.78, 5) is 29.0. The smallest absolute Gasteiger partial charge is 0.244 e. The molecule has 7 nitrogen and oxygen atoms in total. The number of rotatable bonds is 10. The molecule has 0 aromatic heterocycles. The van der Waals surface area contributed by atoms with Crippen LogP contribution in [0.25, 0.3) is 0 Å². The van der Waals surface area contributed by atoms with Gasteiger partial charge in [-0.25, -0.2) is 12.8 Å². The summed E-state index contributed by atoms with van der Waals surface area (Å²) >= 11 is 6.43. The molecule has 39 heavy (non-hydrogen) atoms.